The van der Waals surface area contributed by atoms with Crippen LogP contribution < -0.4 is 0 Å². The second-order valence-corrected chi connectivity index (χ2v) is 5.80. The molecule has 4 unspecified atom stereocenters. The van der Waals surface area contributed by atoms with Gasteiger partial charge in [-0.15, -0.1) is 0 Å². The number of quaternary nitrogens is 1. The van der Waals surface area contributed by atoms with Crippen LogP contribution in [0.2, 0.25) is 0 Å². The number of nitrogens with zero attached hydrogens (tertiary/aromatic N) is 1. The molecule has 1 heteroatoms. The first-order valence-electron chi connectivity index (χ1n) is 6.34. The van der Waals surface area contributed by atoms with Gasteiger partial charge in [0, 0.05) is 11.8 Å². The summed E-state index contributed by atoms with van der Waals surface area (Å²) in [6, 6.07) is 0.859. The van der Waals surface area contributed by atoms with Crippen LogP contribution in [-0.2, 0) is 0 Å². The maximum Gasteiger partial charge on any atom is 0.0885 e. The lowest BCUT2D eigenvalue weighted by molar-refractivity contribution is -0.943. The Morgan fingerprint density at radius 1 is 1.21 bits per heavy atom. The Balaban J connectivity index is 2.62. The highest BCUT2D eigenvalue weighted by Crippen LogP contribution is 2.32. The van der Waals surface area contributed by atoms with E-state index < -0.39 is 0 Å². The quantitative estimate of drug-likeness (QED) is 0.610. The van der Waals surface area contributed by atoms with E-state index in [1.54, 1.807) is 0 Å². The predicted molar refractivity (Wildman–Crippen MR) is 63.2 cm³/mol. The maximum atomic E-state index is 2.46. The van der Waals surface area contributed by atoms with Gasteiger partial charge < -0.3 is 4.48 Å². The highest BCUT2D eigenvalue weighted by atomic mass is 15.4. The zero-order chi connectivity index (χ0) is 10.8. The molecule has 1 saturated heterocycles. The molecule has 0 saturated carbocycles. The number of likely N-dealkylation sites (tertiary alicyclic amines) is 1. The molecule has 0 spiro atoms. The van der Waals surface area contributed by atoms with Crippen molar-refractivity contribution in [3.8, 4) is 0 Å². The van der Waals surface area contributed by atoms with Crippen molar-refractivity contribution in [2.24, 2.45) is 11.8 Å². The van der Waals surface area contributed by atoms with E-state index in [9.17, 15) is 0 Å². The summed E-state index contributed by atoms with van der Waals surface area (Å²) in [7, 11) is 2.46. The van der Waals surface area contributed by atoms with Crippen molar-refractivity contribution in [1.82, 2.24) is 0 Å². The zero-order valence-electron chi connectivity index (χ0n) is 10.7. The maximum absolute atomic E-state index is 2.46. The average molecular weight is 198 g/mol. The molecular weight excluding hydrogens is 170 g/mol. The number of hydrogen-bond acceptors (Lipinski definition) is 0. The van der Waals surface area contributed by atoms with E-state index in [1.165, 1.54) is 36.8 Å². The average Bonchev–Trinajstić information content (AvgIpc) is 2.11. The molecule has 0 bridgehead atoms. The number of hydrogen-bond donors (Lipinski definition) is 0. The van der Waals surface area contributed by atoms with Gasteiger partial charge in [0.2, 0.25) is 0 Å². The summed E-state index contributed by atoms with van der Waals surface area (Å²) in [6.45, 7) is 12.4. The van der Waals surface area contributed by atoms with Crippen molar-refractivity contribution < 1.29 is 4.48 Å². The summed E-state index contributed by atoms with van der Waals surface area (Å²) in [5.41, 5.74) is 0. The standard InChI is InChI=1S/C13H28N/c1-6-7-8-14(5)10-11(2)9-12(3)13(14)4/h11-13H,6-10H2,1-5H3/q+1. The van der Waals surface area contributed by atoms with Crippen LogP contribution in [0.4, 0.5) is 0 Å². The van der Waals surface area contributed by atoms with Crippen LogP contribution in [-0.4, -0.2) is 30.7 Å². The van der Waals surface area contributed by atoms with Crippen LogP contribution >= 0.6 is 0 Å². The van der Waals surface area contributed by atoms with Gasteiger partial charge in [0.1, 0.15) is 0 Å². The molecule has 1 fully saturated rings. The van der Waals surface area contributed by atoms with Gasteiger partial charge in [0.25, 0.3) is 0 Å². The molecule has 1 rings (SSSR count). The van der Waals surface area contributed by atoms with Gasteiger partial charge in [-0.3, -0.25) is 0 Å². The molecule has 0 aromatic heterocycles. The van der Waals surface area contributed by atoms with Crippen molar-refractivity contribution in [3.05, 3.63) is 0 Å². The summed E-state index contributed by atoms with van der Waals surface area (Å²) in [5.74, 6) is 1.82. The number of piperidine rings is 1. The first-order valence-corrected chi connectivity index (χ1v) is 6.34. The predicted octanol–water partition coefficient (Wildman–Crippen LogP) is 3.30. The Kier molecular flexibility index (Phi) is 4.00. The van der Waals surface area contributed by atoms with Crippen molar-refractivity contribution >= 4 is 0 Å². The molecule has 84 valence electrons. The Bertz CT molecular complexity index is 178. The van der Waals surface area contributed by atoms with Gasteiger partial charge in [0.15, 0.2) is 0 Å². The smallest absolute Gasteiger partial charge is 0.0885 e. The van der Waals surface area contributed by atoms with E-state index in [0.29, 0.717) is 0 Å². The monoisotopic (exact) mass is 198 g/mol. The molecule has 0 amide bonds. The normalized spacial score (nSPS) is 43.9. The van der Waals surface area contributed by atoms with Gasteiger partial charge in [-0.1, -0.05) is 27.2 Å². The summed E-state index contributed by atoms with van der Waals surface area (Å²) in [5, 5.41) is 0. The van der Waals surface area contributed by atoms with E-state index in [-0.39, 0.29) is 0 Å². The minimum atomic E-state index is 0.859. The fourth-order valence-corrected chi connectivity index (χ4v) is 3.21. The fourth-order valence-electron chi connectivity index (χ4n) is 3.21. The first kappa shape index (κ1) is 12.0. The van der Waals surface area contributed by atoms with Crippen molar-refractivity contribution in [2.45, 2.75) is 53.0 Å². The molecule has 4 atom stereocenters. The number of unbranched alkanes of at least 4 members (excludes halogenated alkanes) is 1. The van der Waals surface area contributed by atoms with E-state index in [2.05, 4.69) is 34.7 Å². The van der Waals surface area contributed by atoms with Crippen molar-refractivity contribution in [1.29, 1.82) is 0 Å². The van der Waals surface area contributed by atoms with Crippen LogP contribution in [0.5, 0.6) is 0 Å². The third-order valence-electron chi connectivity index (χ3n) is 4.33. The fraction of sp³-hybridized carbons (Fsp3) is 1.00. The molecule has 0 aliphatic carbocycles. The summed E-state index contributed by atoms with van der Waals surface area (Å²) < 4.78 is 1.32. The van der Waals surface area contributed by atoms with Gasteiger partial charge in [0.05, 0.1) is 26.2 Å². The lowest BCUT2D eigenvalue weighted by Gasteiger charge is -2.48. The van der Waals surface area contributed by atoms with Crippen molar-refractivity contribution in [2.75, 3.05) is 20.1 Å². The highest BCUT2D eigenvalue weighted by Gasteiger charge is 2.39. The largest absolute Gasteiger partial charge is 0.323 e. The summed E-state index contributed by atoms with van der Waals surface area (Å²) in [4.78, 5) is 0. The first-order chi connectivity index (χ1) is 6.49. The van der Waals surface area contributed by atoms with Crippen LogP contribution in [0, 0.1) is 11.8 Å². The summed E-state index contributed by atoms with van der Waals surface area (Å²) >= 11 is 0. The summed E-state index contributed by atoms with van der Waals surface area (Å²) in [6.07, 6.45) is 4.16. The molecule has 0 aromatic rings. The highest BCUT2D eigenvalue weighted by molar-refractivity contribution is 4.72. The van der Waals surface area contributed by atoms with Crippen LogP contribution in [0.25, 0.3) is 0 Å². The third-order valence-corrected chi connectivity index (χ3v) is 4.33. The minimum absolute atomic E-state index is 0.859. The minimum Gasteiger partial charge on any atom is -0.323 e. The molecule has 14 heavy (non-hydrogen) atoms. The zero-order valence-corrected chi connectivity index (χ0v) is 10.7. The van der Waals surface area contributed by atoms with Gasteiger partial charge in [-0.25, -0.2) is 0 Å². The van der Waals surface area contributed by atoms with Gasteiger partial charge in [-0.05, 0) is 19.8 Å². The van der Waals surface area contributed by atoms with Crippen LogP contribution in [0.3, 0.4) is 0 Å². The van der Waals surface area contributed by atoms with Gasteiger partial charge in [-0.2, -0.15) is 0 Å². The molecule has 0 aromatic carbocycles. The molecule has 1 aliphatic heterocycles. The Hall–Kier alpha value is -0.0400. The number of rotatable bonds is 3. The molecular formula is C13H28N+. The molecule has 1 nitrogen and oxygen atoms in total. The SMILES string of the molecule is CCCC[N+]1(C)CC(C)CC(C)C1C. The van der Waals surface area contributed by atoms with Crippen LogP contribution in [0.15, 0.2) is 0 Å². The lowest BCUT2D eigenvalue weighted by atomic mass is 9.84. The lowest BCUT2D eigenvalue weighted by Crippen LogP contribution is -2.59. The van der Waals surface area contributed by atoms with E-state index >= 15 is 0 Å². The third kappa shape index (κ3) is 2.50. The Labute approximate surface area is 90.1 Å². The van der Waals surface area contributed by atoms with Crippen molar-refractivity contribution in [3.63, 3.8) is 0 Å². The Morgan fingerprint density at radius 2 is 1.86 bits per heavy atom. The second kappa shape index (κ2) is 4.65. The van der Waals surface area contributed by atoms with Crippen LogP contribution in [0.1, 0.15) is 47.0 Å². The molecule has 0 N–H and O–H groups in total. The topological polar surface area (TPSA) is 0 Å². The van der Waals surface area contributed by atoms with Gasteiger partial charge >= 0.3 is 0 Å². The second-order valence-electron chi connectivity index (χ2n) is 5.80. The molecule has 1 aliphatic rings. The molecule has 1 heterocycles. The molecule has 0 radical (unpaired) electrons. The van der Waals surface area contributed by atoms with E-state index in [4.69, 9.17) is 0 Å². The van der Waals surface area contributed by atoms with E-state index in [0.717, 1.165) is 17.9 Å². The Morgan fingerprint density at radius 3 is 2.43 bits per heavy atom. The van der Waals surface area contributed by atoms with E-state index in [1.807, 2.05) is 0 Å².